The van der Waals surface area contributed by atoms with Crippen LogP contribution in [0.4, 0.5) is 4.79 Å². The minimum absolute atomic E-state index is 0.0648. The van der Waals surface area contributed by atoms with Crippen molar-refractivity contribution in [2.45, 2.75) is 38.9 Å². The van der Waals surface area contributed by atoms with Gasteiger partial charge in [0, 0.05) is 19.0 Å². The highest BCUT2D eigenvalue weighted by atomic mass is 16.6. The van der Waals surface area contributed by atoms with Gasteiger partial charge < -0.3 is 14.7 Å². The Hall–Kier alpha value is -1.21. The SMILES string of the molecule is C#CC(C)(O)C1CN(C(=O)OC(C)(C)C)C1. The fourth-order valence-electron chi connectivity index (χ4n) is 1.43. The summed E-state index contributed by atoms with van der Waals surface area (Å²) in [6.07, 6.45) is 4.85. The molecular weight excluding hydrogens is 206 g/mol. The molecule has 0 radical (unpaired) electrons. The molecule has 1 aliphatic heterocycles. The first-order valence-electron chi connectivity index (χ1n) is 5.34. The van der Waals surface area contributed by atoms with Crippen LogP contribution in [0.3, 0.4) is 0 Å². The van der Waals surface area contributed by atoms with Gasteiger partial charge in [-0.2, -0.15) is 0 Å². The number of likely N-dealkylation sites (tertiary alicyclic amines) is 1. The summed E-state index contributed by atoms with van der Waals surface area (Å²) in [5, 5.41) is 9.76. The molecule has 0 aromatic carbocycles. The number of amides is 1. The van der Waals surface area contributed by atoms with Gasteiger partial charge in [0.05, 0.1) is 0 Å². The number of aliphatic hydroxyl groups is 1. The molecule has 1 amide bonds. The molecule has 1 saturated heterocycles. The molecule has 0 aromatic rings. The Morgan fingerprint density at radius 1 is 1.44 bits per heavy atom. The van der Waals surface area contributed by atoms with E-state index in [-0.39, 0.29) is 12.0 Å². The summed E-state index contributed by atoms with van der Waals surface area (Å²) in [6, 6.07) is 0. The summed E-state index contributed by atoms with van der Waals surface area (Å²) in [5.74, 6) is 2.26. The van der Waals surface area contributed by atoms with E-state index in [9.17, 15) is 9.90 Å². The minimum Gasteiger partial charge on any atom is -0.444 e. The Balaban J connectivity index is 2.43. The molecule has 1 atom stereocenters. The van der Waals surface area contributed by atoms with E-state index in [1.54, 1.807) is 11.8 Å². The molecule has 0 saturated carbocycles. The van der Waals surface area contributed by atoms with E-state index in [0.29, 0.717) is 13.1 Å². The Labute approximate surface area is 96.6 Å². The molecule has 1 N–H and O–H groups in total. The zero-order valence-corrected chi connectivity index (χ0v) is 10.3. The second-order valence-electron chi connectivity index (χ2n) is 5.37. The number of rotatable bonds is 1. The van der Waals surface area contributed by atoms with Gasteiger partial charge in [0.2, 0.25) is 0 Å². The molecule has 0 spiro atoms. The van der Waals surface area contributed by atoms with E-state index in [1.165, 1.54) is 0 Å². The van der Waals surface area contributed by atoms with Crippen molar-refractivity contribution in [2.75, 3.05) is 13.1 Å². The van der Waals surface area contributed by atoms with Crippen molar-refractivity contribution >= 4 is 6.09 Å². The number of nitrogens with zero attached hydrogens (tertiary/aromatic N) is 1. The van der Waals surface area contributed by atoms with Crippen LogP contribution in [-0.4, -0.2) is 40.4 Å². The lowest BCUT2D eigenvalue weighted by Gasteiger charge is -2.44. The van der Waals surface area contributed by atoms with Crippen LogP contribution < -0.4 is 0 Å². The molecule has 1 unspecified atom stereocenters. The second kappa shape index (κ2) is 3.99. The lowest BCUT2D eigenvalue weighted by Crippen LogP contribution is -2.58. The van der Waals surface area contributed by atoms with E-state index < -0.39 is 11.2 Å². The maximum Gasteiger partial charge on any atom is 0.410 e. The summed E-state index contributed by atoms with van der Waals surface area (Å²) in [6.45, 7) is 7.95. The van der Waals surface area contributed by atoms with Gasteiger partial charge >= 0.3 is 6.09 Å². The van der Waals surface area contributed by atoms with Crippen molar-refractivity contribution < 1.29 is 14.6 Å². The molecule has 0 aromatic heterocycles. The summed E-state index contributed by atoms with van der Waals surface area (Å²) in [5.41, 5.74) is -1.63. The average Bonchev–Trinajstić information content (AvgIpc) is 1.96. The monoisotopic (exact) mass is 225 g/mol. The van der Waals surface area contributed by atoms with Gasteiger partial charge in [-0.05, 0) is 27.7 Å². The van der Waals surface area contributed by atoms with Gasteiger partial charge in [0.1, 0.15) is 11.2 Å². The maximum absolute atomic E-state index is 11.6. The lowest BCUT2D eigenvalue weighted by atomic mass is 9.84. The van der Waals surface area contributed by atoms with Crippen LogP contribution in [0.25, 0.3) is 0 Å². The van der Waals surface area contributed by atoms with Crippen LogP contribution in [0.15, 0.2) is 0 Å². The Bertz CT molecular complexity index is 316. The van der Waals surface area contributed by atoms with Crippen LogP contribution in [-0.2, 0) is 4.74 Å². The summed E-state index contributed by atoms with van der Waals surface area (Å²) in [7, 11) is 0. The molecule has 0 aliphatic carbocycles. The number of carbonyl (C=O) groups excluding carboxylic acids is 1. The zero-order chi connectivity index (χ0) is 12.6. The Morgan fingerprint density at radius 2 is 1.94 bits per heavy atom. The maximum atomic E-state index is 11.6. The third-order valence-electron chi connectivity index (χ3n) is 2.62. The van der Waals surface area contributed by atoms with Gasteiger partial charge in [0.15, 0.2) is 0 Å². The molecule has 1 rings (SSSR count). The largest absolute Gasteiger partial charge is 0.444 e. The predicted octanol–water partition coefficient (Wildman–Crippen LogP) is 1.24. The van der Waals surface area contributed by atoms with Gasteiger partial charge in [0.25, 0.3) is 0 Å². The van der Waals surface area contributed by atoms with Gasteiger partial charge in [-0.1, -0.05) is 5.92 Å². The standard InChI is InChI=1S/C12H19NO3/c1-6-12(5,15)9-7-13(8-9)10(14)16-11(2,3)4/h1,9,15H,7-8H2,2-5H3. The van der Waals surface area contributed by atoms with Crippen LogP contribution in [0.1, 0.15) is 27.7 Å². The number of carbonyl (C=O) groups is 1. The van der Waals surface area contributed by atoms with Gasteiger partial charge in [-0.15, -0.1) is 6.42 Å². The van der Waals surface area contributed by atoms with Crippen LogP contribution in [0, 0.1) is 18.3 Å². The first-order chi connectivity index (χ1) is 7.15. The van der Waals surface area contributed by atoms with Crippen LogP contribution in [0.5, 0.6) is 0 Å². The van der Waals surface area contributed by atoms with Gasteiger partial charge in [-0.3, -0.25) is 0 Å². The smallest absolute Gasteiger partial charge is 0.410 e. The van der Waals surface area contributed by atoms with Crippen molar-refractivity contribution in [3.05, 3.63) is 0 Å². The van der Waals surface area contributed by atoms with Crippen molar-refractivity contribution in [1.29, 1.82) is 0 Å². The topological polar surface area (TPSA) is 49.8 Å². The minimum atomic E-state index is -1.14. The number of ether oxygens (including phenoxy) is 1. The molecular formula is C12H19NO3. The lowest BCUT2D eigenvalue weighted by molar-refractivity contribution is -0.0491. The van der Waals surface area contributed by atoms with E-state index >= 15 is 0 Å². The van der Waals surface area contributed by atoms with E-state index in [4.69, 9.17) is 11.2 Å². The summed E-state index contributed by atoms with van der Waals surface area (Å²) < 4.78 is 5.19. The molecule has 90 valence electrons. The number of hydrogen-bond acceptors (Lipinski definition) is 3. The average molecular weight is 225 g/mol. The third-order valence-corrected chi connectivity index (χ3v) is 2.62. The van der Waals surface area contributed by atoms with Crippen molar-refractivity contribution in [3.63, 3.8) is 0 Å². The van der Waals surface area contributed by atoms with Crippen molar-refractivity contribution in [3.8, 4) is 12.3 Å². The van der Waals surface area contributed by atoms with Crippen molar-refractivity contribution in [2.24, 2.45) is 5.92 Å². The first-order valence-corrected chi connectivity index (χ1v) is 5.34. The molecule has 4 heteroatoms. The summed E-state index contributed by atoms with van der Waals surface area (Å²) >= 11 is 0. The fourth-order valence-corrected chi connectivity index (χ4v) is 1.43. The van der Waals surface area contributed by atoms with Crippen LogP contribution >= 0.6 is 0 Å². The van der Waals surface area contributed by atoms with E-state index in [2.05, 4.69) is 5.92 Å². The third kappa shape index (κ3) is 2.89. The highest BCUT2D eigenvalue weighted by Gasteiger charge is 2.42. The van der Waals surface area contributed by atoms with Gasteiger partial charge in [-0.25, -0.2) is 4.79 Å². The number of hydrogen-bond donors (Lipinski definition) is 1. The van der Waals surface area contributed by atoms with Crippen molar-refractivity contribution in [1.82, 2.24) is 4.90 Å². The van der Waals surface area contributed by atoms with Crippen LogP contribution in [0.2, 0.25) is 0 Å². The molecule has 1 aliphatic rings. The molecule has 1 heterocycles. The second-order valence-corrected chi connectivity index (χ2v) is 5.37. The highest BCUT2D eigenvalue weighted by Crippen LogP contribution is 2.28. The normalized spacial score (nSPS) is 20.6. The quantitative estimate of drug-likeness (QED) is 0.683. The predicted molar refractivity (Wildman–Crippen MR) is 60.8 cm³/mol. The molecule has 1 fully saturated rings. The summed E-state index contributed by atoms with van der Waals surface area (Å²) in [4.78, 5) is 13.1. The van der Waals surface area contributed by atoms with E-state index in [0.717, 1.165) is 0 Å². The molecule has 0 bridgehead atoms. The Kier molecular flexibility index (Phi) is 3.20. The Morgan fingerprint density at radius 3 is 2.31 bits per heavy atom. The fraction of sp³-hybridized carbons (Fsp3) is 0.750. The molecule has 4 nitrogen and oxygen atoms in total. The highest BCUT2D eigenvalue weighted by molar-refractivity contribution is 5.69. The van der Waals surface area contributed by atoms with E-state index in [1.807, 2.05) is 20.8 Å². The molecule has 16 heavy (non-hydrogen) atoms. The first kappa shape index (κ1) is 12.9. The number of terminal acetylenes is 1. The zero-order valence-electron chi connectivity index (χ0n) is 10.3.